The van der Waals surface area contributed by atoms with Crippen molar-refractivity contribution in [3.63, 3.8) is 0 Å². The lowest BCUT2D eigenvalue weighted by Gasteiger charge is -2.19. The standard InChI is InChI=1S/C14H22N2O2/c1-3-11(4-2)16-12-7-5-6-8-13(12)18-10-9-14(15)17/h5-8,11,16H,3-4,9-10H2,1-2H3,(H2,15,17). The third-order valence-corrected chi connectivity index (χ3v) is 2.84. The molecule has 0 aliphatic rings. The number of anilines is 1. The molecule has 1 rings (SSSR count). The van der Waals surface area contributed by atoms with Crippen LogP contribution in [0.4, 0.5) is 5.69 Å². The molecule has 1 aromatic rings. The van der Waals surface area contributed by atoms with Gasteiger partial charge in [-0.05, 0) is 25.0 Å². The van der Waals surface area contributed by atoms with Crippen molar-refractivity contribution in [1.29, 1.82) is 0 Å². The van der Waals surface area contributed by atoms with E-state index in [2.05, 4.69) is 19.2 Å². The Labute approximate surface area is 109 Å². The maximum absolute atomic E-state index is 10.7. The van der Waals surface area contributed by atoms with Crippen LogP contribution >= 0.6 is 0 Å². The van der Waals surface area contributed by atoms with E-state index in [4.69, 9.17) is 10.5 Å². The summed E-state index contributed by atoms with van der Waals surface area (Å²) in [5.41, 5.74) is 6.05. The Morgan fingerprint density at radius 1 is 1.33 bits per heavy atom. The summed E-state index contributed by atoms with van der Waals surface area (Å²) in [6, 6.07) is 8.19. The lowest BCUT2D eigenvalue weighted by atomic mass is 10.1. The zero-order valence-electron chi connectivity index (χ0n) is 11.1. The number of para-hydroxylation sites is 2. The quantitative estimate of drug-likeness (QED) is 0.745. The van der Waals surface area contributed by atoms with E-state index in [-0.39, 0.29) is 12.3 Å². The second kappa shape index (κ2) is 7.58. The van der Waals surface area contributed by atoms with Crippen LogP contribution in [-0.4, -0.2) is 18.6 Å². The molecule has 0 atom stereocenters. The Hall–Kier alpha value is -1.71. The molecule has 0 fully saturated rings. The average molecular weight is 250 g/mol. The number of primary amides is 1. The Balaban J connectivity index is 2.63. The van der Waals surface area contributed by atoms with Crippen LogP contribution in [0.1, 0.15) is 33.1 Å². The number of amides is 1. The lowest BCUT2D eigenvalue weighted by Crippen LogP contribution is -2.18. The maximum atomic E-state index is 10.7. The van der Waals surface area contributed by atoms with Crippen LogP contribution in [-0.2, 0) is 4.79 Å². The molecule has 0 unspecified atom stereocenters. The molecule has 0 aliphatic heterocycles. The van der Waals surface area contributed by atoms with Crippen LogP contribution in [0.15, 0.2) is 24.3 Å². The molecular weight excluding hydrogens is 228 g/mol. The normalized spacial score (nSPS) is 10.4. The molecule has 4 nitrogen and oxygen atoms in total. The van der Waals surface area contributed by atoms with E-state index in [1.807, 2.05) is 24.3 Å². The number of nitrogens with one attached hydrogen (secondary N) is 1. The fourth-order valence-corrected chi connectivity index (χ4v) is 1.69. The fraction of sp³-hybridized carbons (Fsp3) is 0.500. The largest absolute Gasteiger partial charge is 0.491 e. The Morgan fingerprint density at radius 3 is 2.61 bits per heavy atom. The molecular formula is C14H22N2O2. The van der Waals surface area contributed by atoms with Crippen LogP contribution in [0.2, 0.25) is 0 Å². The van der Waals surface area contributed by atoms with Crippen LogP contribution in [0, 0.1) is 0 Å². The van der Waals surface area contributed by atoms with Gasteiger partial charge in [0.2, 0.25) is 5.91 Å². The molecule has 0 radical (unpaired) electrons. The molecule has 3 N–H and O–H groups in total. The summed E-state index contributed by atoms with van der Waals surface area (Å²) in [6.45, 7) is 4.62. The van der Waals surface area contributed by atoms with Crippen LogP contribution in [0.5, 0.6) is 5.75 Å². The minimum atomic E-state index is -0.347. The van der Waals surface area contributed by atoms with Crippen molar-refractivity contribution in [3.05, 3.63) is 24.3 Å². The van der Waals surface area contributed by atoms with E-state index in [1.54, 1.807) is 0 Å². The zero-order chi connectivity index (χ0) is 13.4. The number of hydrogen-bond acceptors (Lipinski definition) is 3. The van der Waals surface area contributed by atoms with E-state index in [9.17, 15) is 4.79 Å². The SMILES string of the molecule is CCC(CC)Nc1ccccc1OCCC(N)=O. The molecule has 0 aliphatic carbocycles. The summed E-state index contributed by atoms with van der Waals surface area (Å²) in [5, 5.41) is 3.44. The number of ether oxygens (including phenoxy) is 1. The van der Waals surface area contributed by atoms with Gasteiger partial charge in [0.1, 0.15) is 5.75 Å². The van der Waals surface area contributed by atoms with Crippen molar-refractivity contribution < 1.29 is 9.53 Å². The first-order chi connectivity index (χ1) is 8.67. The third-order valence-electron chi connectivity index (χ3n) is 2.84. The molecule has 1 aromatic carbocycles. The van der Waals surface area contributed by atoms with Gasteiger partial charge < -0.3 is 15.8 Å². The number of nitrogens with two attached hydrogens (primary N) is 1. The van der Waals surface area contributed by atoms with Gasteiger partial charge in [0.15, 0.2) is 0 Å². The summed E-state index contributed by atoms with van der Waals surface area (Å²) in [4.78, 5) is 10.7. The average Bonchev–Trinajstić information content (AvgIpc) is 2.37. The van der Waals surface area contributed by atoms with Gasteiger partial charge in [-0.3, -0.25) is 4.79 Å². The number of rotatable bonds is 8. The number of hydrogen-bond donors (Lipinski definition) is 2. The number of carbonyl (C=O) groups is 1. The van der Waals surface area contributed by atoms with Gasteiger partial charge in [-0.2, -0.15) is 0 Å². The molecule has 1 amide bonds. The highest BCUT2D eigenvalue weighted by atomic mass is 16.5. The smallest absolute Gasteiger partial charge is 0.220 e. The molecule has 0 aromatic heterocycles. The van der Waals surface area contributed by atoms with E-state index >= 15 is 0 Å². The van der Waals surface area contributed by atoms with Crippen molar-refractivity contribution in [3.8, 4) is 5.75 Å². The van der Waals surface area contributed by atoms with Crippen molar-refractivity contribution >= 4 is 11.6 Å². The molecule has 0 bridgehead atoms. The van der Waals surface area contributed by atoms with Gasteiger partial charge in [0, 0.05) is 6.04 Å². The summed E-state index contributed by atoms with van der Waals surface area (Å²) in [7, 11) is 0. The van der Waals surface area contributed by atoms with Gasteiger partial charge in [0.05, 0.1) is 18.7 Å². The summed E-state index contributed by atoms with van der Waals surface area (Å²) >= 11 is 0. The van der Waals surface area contributed by atoms with Gasteiger partial charge in [0.25, 0.3) is 0 Å². The third kappa shape index (κ3) is 4.65. The van der Waals surface area contributed by atoms with Gasteiger partial charge in [-0.1, -0.05) is 26.0 Å². The van der Waals surface area contributed by atoms with Crippen LogP contribution in [0.25, 0.3) is 0 Å². The molecule has 0 saturated heterocycles. The van der Waals surface area contributed by atoms with Crippen molar-refractivity contribution in [2.45, 2.75) is 39.2 Å². The topological polar surface area (TPSA) is 64.3 Å². The Kier molecular flexibility index (Phi) is 6.05. The molecule has 4 heteroatoms. The van der Waals surface area contributed by atoms with E-state index in [0.29, 0.717) is 12.6 Å². The first-order valence-electron chi connectivity index (χ1n) is 6.44. The Bertz CT molecular complexity index is 376. The maximum Gasteiger partial charge on any atom is 0.220 e. The fourth-order valence-electron chi connectivity index (χ4n) is 1.69. The highest BCUT2D eigenvalue weighted by Gasteiger charge is 2.08. The minimum Gasteiger partial charge on any atom is -0.491 e. The van der Waals surface area contributed by atoms with Crippen molar-refractivity contribution in [2.75, 3.05) is 11.9 Å². The highest BCUT2D eigenvalue weighted by molar-refractivity contribution is 5.73. The second-order valence-corrected chi connectivity index (χ2v) is 4.22. The summed E-state index contributed by atoms with van der Waals surface area (Å²) in [6.07, 6.45) is 2.36. The Morgan fingerprint density at radius 2 is 2.00 bits per heavy atom. The number of carbonyl (C=O) groups excluding carboxylic acids is 1. The molecule has 100 valence electrons. The van der Waals surface area contributed by atoms with Crippen molar-refractivity contribution in [2.24, 2.45) is 5.73 Å². The second-order valence-electron chi connectivity index (χ2n) is 4.22. The first-order valence-corrected chi connectivity index (χ1v) is 6.44. The first kappa shape index (κ1) is 14.4. The molecule has 0 heterocycles. The summed E-state index contributed by atoms with van der Waals surface area (Å²) in [5.74, 6) is 0.422. The predicted octanol–water partition coefficient (Wildman–Crippen LogP) is 2.54. The monoisotopic (exact) mass is 250 g/mol. The van der Waals surface area contributed by atoms with Gasteiger partial charge >= 0.3 is 0 Å². The molecule has 18 heavy (non-hydrogen) atoms. The lowest BCUT2D eigenvalue weighted by molar-refractivity contribution is -0.118. The predicted molar refractivity (Wildman–Crippen MR) is 73.7 cm³/mol. The highest BCUT2D eigenvalue weighted by Crippen LogP contribution is 2.25. The molecule has 0 spiro atoms. The van der Waals surface area contributed by atoms with E-state index in [0.717, 1.165) is 24.3 Å². The number of benzene rings is 1. The summed E-state index contributed by atoms with van der Waals surface area (Å²) < 4.78 is 5.57. The van der Waals surface area contributed by atoms with Gasteiger partial charge in [-0.15, -0.1) is 0 Å². The van der Waals surface area contributed by atoms with Crippen LogP contribution < -0.4 is 15.8 Å². The van der Waals surface area contributed by atoms with Crippen LogP contribution in [0.3, 0.4) is 0 Å². The minimum absolute atomic E-state index is 0.235. The van der Waals surface area contributed by atoms with E-state index < -0.39 is 0 Å². The zero-order valence-corrected chi connectivity index (χ0v) is 11.1. The van der Waals surface area contributed by atoms with E-state index in [1.165, 1.54) is 0 Å². The molecule has 0 saturated carbocycles. The van der Waals surface area contributed by atoms with Crippen molar-refractivity contribution in [1.82, 2.24) is 0 Å². The van der Waals surface area contributed by atoms with Gasteiger partial charge in [-0.25, -0.2) is 0 Å².